The van der Waals surface area contributed by atoms with E-state index in [9.17, 15) is 14.4 Å². The maximum atomic E-state index is 13.3. The highest BCUT2D eigenvalue weighted by Crippen LogP contribution is 2.33. The van der Waals surface area contributed by atoms with Gasteiger partial charge in [-0.05, 0) is 61.9 Å². The number of benzene rings is 1. The smallest absolute Gasteiger partial charge is 0.263 e. The van der Waals surface area contributed by atoms with E-state index in [4.69, 9.17) is 0 Å². The van der Waals surface area contributed by atoms with E-state index in [1.54, 1.807) is 35.6 Å². The van der Waals surface area contributed by atoms with Crippen LogP contribution in [0.3, 0.4) is 0 Å². The van der Waals surface area contributed by atoms with Gasteiger partial charge in [-0.15, -0.1) is 11.3 Å². The van der Waals surface area contributed by atoms with Gasteiger partial charge in [0.25, 0.3) is 5.56 Å². The lowest BCUT2D eigenvalue weighted by molar-refractivity contribution is -0.119. The van der Waals surface area contributed by atoms with Crippen LogP contribution in [-0.2, 0) is 22.4 Å². The molecule has 4 rings (SSSR count). The van der Waals surface area contributed by atoms with Crippen molar-refractivity contribution in [3.8, 4) is 0 Å². The number of carbonyl (C=O) groups excluding carboxylic acids is 2. The third-order valence-electron chi connectivity index (χ3n) is 5.40. The molecule has 1 aromatic carbocycles. The first-order valence-electron chi connectivity index (χ1n) is 10.2. The van der Waals surface area contributed by atoms with Crippen LogP contribution in [0.1, 0.15) is 49.6 Å². The normalized spacial score (nSPS) is 14.2. The van der Waals surface area contributed by atoms with Crippen molar-refractivity contribution in [1.82, 2.24) is 9.55 Å². The predicted octanol–water partition coefficient (Wildman–Crippen LogP) is 3.89. The fourth-order valence-corrected chi connectivity index (χ4v) is 5.17. The van der Waals surface area contributed by atoms with E-state index in [1.165, 1.54) is 22.7 Å². The molecule has 0 radical (unpaired) electrons. The average molecular weight is 425 g/mol. The Morgan fingerprint density at radius 3 is 2.47 bits per heavy atom. The van der Waals surface area contributed by atoms with E-state index in [0.717, 1.165) is 36.1 Å². The Bertz CT molecular complexity index is 1160. The van der Waals surface area contributed by atoms with Crippen LogP contribution in [0.5, 0.6) is 0 Å². The molecule has 2 amide bonds. The first kappa shape index (κ1) is 20.3. The third-order valence-corrected chi connectivity index (χ3v) is 6.60. The van der Waals surface area contributed by atoms with Gasteiger partial charge in [0, 0.05) is 23.2 Å². The molecular weight excluding hydrogens is 400 g/mol. The first-order valence-corrected chi connectivity index (χ1v) is 11.0. The highest BCUT2D eigenvalue weighted by Gasteiger charge is 2.25. The quantitative estimate of drug-likeness (QED) is 0.650. The van der Waals surface area contributed by atoms with Gasteiger partial charge >= 0.3 is 0 Å². The van der Waals surface area contributed by atoms with Crippen molar-refractivity contribution >= 4 is 44.7 Å². The van der Waals surface area contributed by atoms with Crippen molar-refractivity contribution in [2.45, 2.75) is 52.0 Å². The molecule has 1 aliphatic rings. The zero-order chi connectivity index (χ0) is 21.3. The average Bonchev–Trinajstić information content (AvgIpc) is 3.10. The molecule has 2 heterocycles. The summed E-state index contributed by atoms with van der Waals surface area (Å²) in [6, 6.07) is 6.22. The summed E-state index contributed by atoms with van der Waals surface area (Å²) in [5.74, 6) is -0.423. The lowest BCUT2D eigenvalue weighted by Crippen LogP contribution is -2.33. The number of amides is 2. The van der Waals surface area contributed by atoms with E-state index in [2.05, 4.69) is 15.6 Å². The van der Waals surface area contributed by atoms with Gasteiger partial charge in [-0.2, -0.15) is 0 Å². The molecule has 156 valence electrons. The molecular formula is C22H24N4O3S. The number of carbonyl (C=O) groups is 2. The largest absolute Gasteiger partial charge is 0.326 e. The number of nitrogens with zero attached hydrogens (tertiary/aromatic N) is 2. The minimum absolute atomic E-state index is 0.137. The third kappa shape index (κ3) is 3.87. The van der Waals surface area contributed by atoms with E-state index < -0.39 is 6.04 Å². The first-order chi connectivity index (χ1) is 14.5. The lowest BCUT2D eigenvalue weighted by Gasteiger charge is -2.18. The monoisotopic (exact) mass is 424 g/mol. The predicted molar refractivity (Wildman–Crippen MR) is 119 cm³/mol. The Morgan fingerprint density at radius 1 is 1.13 bits per heavy atom. The number of rotatable bonds is 5. The molecule has 3 aromatic rings. The topological polar surface area (TPSA) is 93.1 Å². The molecule has 0 saturated heterocycles. The van der Waals surface area contributed by atoms with Crippen LogP contribution < -0.4 is 16.2 Å². The molecule has 0 saturated carbocycles. The molecule has 30 heavy (non-hydrogen) atoms. The molecule has 1 atom stereocenters. The van der Waals surface area contributed by atoms with Crippen molar-refractivity contribution < 1.29 is 9.59 Å². The Morgan fingerprint density at radius 2 is 1.80 bits per heavy atom. The summed E-state index contributed by atoms with van der Waals surface area (Å²) < 4.78 is 1.46. The summed E-state index contributed by atoms with van der Waals surface area (Å²) in [4.78, 5) is 43.9. The van der Waals surface area contributed by atoms with Gasteiger partial charge in [0.2, 0.25) is 11.8 Å². The van der Waals surface area contributed by atoms with Gasteiger partial charge in [0.1, 0.15) is 10.9 Å². The molecule has 0 aliphatic heterocycles. The second-order valence-corrected chi connectivity index (χ2v) is 8.60. The highest BCUT2D eigenvalue weighted by molar-refractivity contribution is 7.18. The van der Waals surface area contributed by atoms with Crippen molar-refractivity contribution in [2.24, 2.45) is 0 Å². The van der Waals surface area contributed by atoms with Crippen LogP contribution in [0.15, 0.2) is 35.4 Å². The molecule has 8 heteroatoms. The van der Waals surface area contributed by atoms with Crippen molar-refractivity contribution in [3.63, 3.8) is 0 Å². The Balaban J connectivity index is 1.61. The van der Waals surface area contributed by atoms with Crippen LogP contribution in [0.2, 0.25) is 0 Å². The van der Waals surface area contributed by atoms with Gasteiger partial charge in [-0.25, -0.2) is 4.98 Å². The number of aromatic nitrogens is 2. The molecule has 1 aliphatic carbocycles. The summed E-state index contributed by atoms with van der Waals surface area (Å²) in [5, 5.41) is 6.24. The summed E-state index contributed by atoms with van der Waals surface area (Å²) in [6.07, 6.45) is 6.10. The van der Waals surface area contributed by atoms with Gasteiger partial charge in [-0.1, -0.05) is 6.92 Å². The summed E-state index contributed by atoms with van der Waals surface area (Å²) in [5.41, 5.74) is 2.24. The van der Waals surface area contributed by atoms with Crippen LogP contribution in [0.25, 0.3) is 10.2 Å². The number of hydrogen-bond donors (Lipinski definition) is 2. The minimum atomic E-state index is -0.649. The molecule has 0 fully saturated rings. The highest BCUT2D eigenvalue weighted by atomic mass is 32.1. The fraction of sp³-hybridized carbons (Fsp3) is 0.364. The fourth-order valence-electron chi connectivity index (χ4n) is 3.96. The number of anilines is 2. The van der Waals surface area contributed by atoms with Crippen molar-refractivity contribution in [1.29, 1.82) is 0 Å². The van der Waals surface area contributed by atoms with Gasteiger partial charge in [-0.3, -0.25) is 19.0 Å². The molecule has 2 aromatic heterocycles. The number of aryl methyl sites for hydroxylation is 2. The summed E-state index contributed by atoms with van der Waals surface area (Å²) >= 11 is 1.60. The minimum Gasteiger partial charge on any atom is -0.326 e. The summed E-state index contributed by atoms with van der Waals surface area (Å²) in [6.45, 7) is 3.32. The van der Waals surface area contributed by atoms with Crippen LogP contribution in [-0.4, -0.2) is 21.4 Å². The number of thiophene rings is 1. The summed E-state index contributed by atoms with van der Waals surface area (Å²) in [7, 11) is 0. The van der Waals surface area contributed by atoms with Crippen molar-refractivity contribution in [2.75, 3.05) is 10.6 Å². The standard InChI is InChI=1S/C22H24N4O3S/c1-3-17(20(28)25-15-10-8-14(9-11-15)24-13(2)27)26-12-23-21-19(22(26)29)16-6-4-5-7-18(16)30-21/h8-12,17H,3-7H2,1-2H3,(H,24,27)(H,25,28). The maximum Gasteiger partial charge on any atom is 0.263 e. The Labute approximate surface area is 178 Å². The van der Waals surface area contributed by atoms with Crippen molar-refractivity contribution in [3.05, 3.63) is 51.4 Å². The van der Waals surface area contributed by atoms with E-state index in [0.29, 0.717) is 23.2 Å². The second-order valence-electron chi connectivity index (χ2n) is 7.52. The van der Waals surface area contributed by atoms with Gasteiger partial charge in [0.05, 0.1) is 11.7 Å². The maximum absolute atomic E-state index is 13.3. The molecule has 2 N–H and O–H groups in total. The van der Waals surface area contributed by atoms with Gasteiger partial charge in [0.15, 0.2) is 0 Å². The van der Waals surface area contributed by atoms with Gasteiger partial charge < -0.3 is 10.6 Å². The molecule has 7 nitrogen and oxygen atoms in total. The lowest BCUT2D eigenvalue weighted by atomic mass is 9.97. The molecule has 1 unspecified atom stereocenters. The Hall–Kier alpha value is -3.00. The SMILES string of the molecule is CCC(C(=O)Nc1ccc(NC(C)=O)cc1)n1cnc2sc3c(c2c1=O)CCCC3. The second kappa shape index (κ2) is 8.39. The Kier molecular flexibility index (Phi) is 5.67. The van der Waals surface area contributed by atoms with Crippen LogP contribution in [0.4, 0.5) is 11.4 Å². The number of hydrogen-bond acceptors (Lipinski definition) is 5. The molecule has 0 spiro atoms. The zero-order valence-corrected chi connectivity index (χ0v) is 17.8. The van der Waals surface area contributed by atoms with Crippen LogP contribution >= 0.6 is 11.3 Å². The van der Waals surface area contributed by atoms with E-state index in [1.807, 2.05) is 6.92 Å². The number of nitrogens with one attached hydrogen (secondary N) is 2. The zero-order valence-electron chi connectivity index (χ0n) is 17.0. The van der Waals surface area contributed by atoms with E-state index >= 15 is 0 Å². The van der Waals surface area contributed by atoms with E-state index in [-0.39, 0.29) is 17.4 Å². The van der Waals surface area contributed by atoms with Crippen LogP contribution in [0, 0.1) is 0 Å². The number of fused-ring (bicyclic) bond motifs is 3. The molecule has 0 bridgehead atoms.